The molecule has 1 amide bonds. The minimum atomic E-state index is -4.92. The fourth-order valence-corrected chi connectivity index (χ4v) is 2.87. The Morgan fingerprint density at radius 3 is 2.26 bits per heavy atom. The molecule has 0 aromatic heterocycles. The predicted octanol–water partition coefficient (Wildman–Crippen LogP) is 5.59. The van der Waals surface area contributed by atoms with Gasteiger partial charge in [0.2, 0.25) is 0 Å². The van der Waals surface area contributed by atoms with Gasteiger partial charge in [-0.15, -0.1) is 0 Å². The van der Waals surface area contributed by atoms with E-state index >= 15 is 0 Å². The highest BCUT2D eigenvalue weighted by atomic mass is 35.5. The van der Waals surface area contributed by atoms with Crippen molar-refractivity contribution in [3.8, 4) is 5.75 Å². The molecule has 0 aliphatic rings. The molecule has 2 aromatic carbocycles. The van der Waals surface area contributed by atoms with Gasteiger partial charge in [0.1, 0.15) is 11.3 Å². The summed E-state index contributed by atoms with van der Waals surface area (Å²) in [5, 5.41) is 13.2. The fourth-order valence-electron chi connectivity index (χ4n) is 1.96. The molecule has 0 aliphatic carbocycles. The first-order chi connectivity index (χ1) is 12.5. The molecular weight excluding hydrogens is 436 g/mol. The van der Waals surface area contributed by atoms with Crippen LogP contribution >= 0.6 is 34.8 Å². The molecule has 0 saturated heterocycles. The molecular formula is C15H8Cl3F3N2O4. The van der Waals surface area contributed by atoms with Crippen LogP contribution in [0.25, 0.3) is 0 Å². The Bertz CT molecular complexity index is 883. The number of nitro benzene ring substituents is 1. The van der Waals surface area contributed by atoms with E-state index in [0.717, 1.165) is 12.1 Å². The van der Waals surface area contributed by atoms with Crippen LogP contribution in [0.4, 0.5) is 24.5 Å². The first kappa shape index (κ1) is 21.1. The summed E-state index contributed by atoms with van der Waals surface area (Å²) in [6, 6.07) is 4.53. The van der Waals surface area contributed by atoms with Crippen molar-refractivity contribution in [3.05, 3.63) is 61.1 Å². The second-order valence-electron chi connectivity index (χ2n) is 5.02. The van der Waals surface area contributed by atoms with E-state index in [4.69, 9.17) is 39.5 Å². The van der Waals surface area contributed by atoms with Crippen LogP contribution in [0.3, 0.4) is 0 Å². The first-order valence-corrected chi connectivity index (χ1v) is 8.05. The van der Waals surface area contributed by atoms with Crippen molar-refractivity contribution in [2.45, 2.75) is 6.18 Å². The highest BCUT2D eigenvalue weighted by Crippen LogP contribution is 2.38. The second-order valence-corrected chi connectivity index (χ2v) is 6.27. The Morgan fingerprint density at radius 2 is 1.74 bits per heavy atom. The van der Waals surface area contributed by atoms with Crippen LogP contribution in [0.2, 0.25) is 15.1 Å². The van der Waals surface area contributed by atoms with Crippen LogP contribution < -0.4 is 10.1 Å². The van der Waals surface area contributed by atoms with Crippen molar-refractivity contribution >= 4 is 52.1 Å². The number of halogens is 6. The Morgan fingerprint density at radius 1 is 1.15 bits per heavy atom. The van der Waals surface area contributed by atoms with Gasteiger partial charge in [-0.25, -0.2) is 0 Å². The van der Waals surface area contributed by atoms with Crippen molar-refractivity contribution in [2.24, 2.45) is 0 Å². The maximum Gasteiger partial charge on any atom is 0.420 e. The summed E-state index contributed by atoms with van der Waals surface area (Å²) in [4.78, 5) is 21.6. The van der Waals surface area contributed by atoms with E-state index in [1.807, 2.05) is 0 Å². The fraction of sp³-hybridized carbons (Fsp3) is 0.133. The molecule has 6 nitrogen and oxygen atoms in total. The molecule has 12 heteroatoms. The number of carbonyl (C=O) groups is 1. The highest BCUT2D eigenvalue weighted by Gasteiger charge is 2.36. The molecule has 0 radical (unpaired) electrons. The van der Waals surface area contributed by atoms with Gasteiger partial charge in [-0.3, -0.25) is 14.9 Å². The average Bonchev–Trinajstić information content (AvgIpc) is 2.55. The lowest BCUT2D eigenvalue weighted by Gasteiger charge is -2.14. The van der Waals surface area contributed by atoms with Crippen molar-refractivity contribution in [3.63, 3.8) is 0 Å². The number of alkyl halides is 3. The Hall–Kier alpha value is -2.23. The zero-order chi connectivity index (χ0) is 20.4. The molecule has 144 valence electrons. The zero-order valence-corrected chi connectivity index (χ0v) is 15.2. The normalized spacial score (nSPS) is 11.2. The van der Waals surface area contributed by atoms with E-state index in [0.29, 0.717) is 6.07 Å². The van der Waals surface area contributed by atoms with E-state index in [1.165, 1.54) is 12.1 Å². The minimum absolute atomic E-state index is 0.0103. The van der Waals surface area contributed by atoms with Gasteiger partial charge in [0.25, 0.3) is 11.6 Å². The van der Waals surface area contributed by atoms with E-state index < -0.39 is 40.6 Å². The molecule has 27 heavy (non-hydrogen) atoms. The van der Waals surface area contributed by atoms with E-state index in [1.54, 1.807) is 0 Å². The van der Waals surface area contributed by atoms with Gasteiger partial charge >= 0.3 is 6.18 Å². The van der Waals surface area contributed by atoms with Gasteiger partial charge < -0.3 is 10.1 Å². The van der Waals surface area contributed by atoms with Crippen molar-refractivity contribution in [2.75, 3.05) is 11.9 Å². The smallest absolute Gasteiger partial charge is 0.420 e. The zero-order valence-electron chi connectivity index (χ0n) is 12.9. The van der Waals surface area contributed by atoms with Crippen LogP contribution in [0.5, 0.6) is 5.75 Å². The molecule has 0 bridgehead atoms. The third-order valence-electron chi connectivity index (χ3n) is 3.11. The number of hydrogen-bond acceptors (Lipinski definition) is 4. The molecule has 0 heterocycles. The molecule has 2 rings (SSSR count). The van der Waals surface area contributed by atoms with Crippen LogP contribution in [0.1, 0.15) is 5.56 Å². The Kier molecular flexibility index (Phi) is 6.40. The van der Waals surface area contributed by atoms with Crippen molar-refractivity contribution in [1.29, 1.82) is 0 Å². The third kappa shape index (κ3) is 5.38. The lowest BCUT2D eigenvalue weighted by atomic mass is 10.1. The maximum atomic E-state index is 13.1. The number of non-ortho nitro benzene ring substituents is 1. The molecule has 0 aliphatic heterocycles. The molecule has 0 spiro atoms. The molecule has 0 fully saturated rings. The Balaban J connectivity index is 2.17. The summed E-state index contributed by atoms with van der Waals surface area (Å²) in [5.74, 6) is -1.59. The number of carbonyl (C=O) groups excluding carboxylic acids is 1. The number of nitro groups is 1. The lowest BCUT2D eigenvalue weighted by Crippen LogP contribution is -2.21. The minimum Gasteiger partial charge on any atom is -0.483 e. The summed E-state index contributed by atoms with van der Waals surface area (Å²) in [7, 11) is 0. The van der Waals surface area contributed by atoms with Gasteiger partial charge in [-0.05, 0) is 18.2 Å². The summed E-state index contributed by atoms with van der Waals surface area (Å²) < 4.78 is 44.0. The SMILES string of the molecule is O=C(COc1ccc([N+](=O)[O-])cc1C(F)(F)F)Nc1c(Cl)cc(Cl)cc1Cl. The number of ether oxygens (including phenoxy) is 1. The van der Waals surface area contributed by atoms with Gasteiger partial charge in [-0.1, -0.05) is 34.8 Å². The van der Waals surface area contributed by atoms with Crippen LogP contribution in [0.15, 0.2) is 30.3 Å². The van der Waals surface area contributed by atoms with E-state index in [-0.39, 0.29) is 20.8 Å². The largest absolute Gasteiger partial charge is 0.483 e. The summed E-state index contributed by atoms with van der Waals surface area (Å²) >= 11 is 17.5. The summed E-state index contributed by atoms with van der Waals surface area (Å²) in [6.07, 6.45) is -4.92. The lowest BCUT2D eigenvalue weighted by molar-refractivity contribution is -0.385. The molecule has 1 N–H and O–H groups in total. The summed E-state index contributed by atoms with van der Waals surface area (Å²) in [6.45, 7) is -0.823. The van der Waals surface area contributed by atoms with Gasteiger partial charge in [0, 0.05) is 17.2 Å². The average molecular weight is 444 g/mol. The number of anilines is 1. The third-order valence-corrected chi connectivity index (χ3v) is 3.92. The Labute approximate surface area is 164 Å². The number of amides is 1. The quantitative estimate of drug-likeness (QED) is 0.482. The van der Waals surface area contributed by atoms with E-state index in [2.05, 4.69) is 5.32 Å². The topological polar surface area (TPSA) is 81.5 Å². The van der Waals surface area contributed by atoms with Gasteiger partial charge in [0.05, 0.1) is 20.7 Å². The number of rotatable bonds is 5. The first-order valence-electron chi connectivity index (χ1n) is 6.92. The van der Waals surface area contributed by atoms with Crippen LogP contribution in [-0.2, 0) is 11.0 Å². The second kappa shape index (κ2) is 8.20. The molecule has 0 unspecified atom stereocenters. The monoisotopic (exact) mass is 442 g/mol. The molecule has 0 saturated carbocycles. The predicted molar refractivity (Wildman–Crippen MR) is 93.7 cm³/mol. The van der Waals surface area contributed by atoms with E-state index in [9.17, 15) is 28.1 Å². The summed E-state index contributed by atoms with van der Waals surface area (Å²) in [5.41, 5.74) is -2.14. The highest BCUT2D eigenvalue weighted by molar-refractivity contribution is 6.42. The number of nitrogens with zero attached hydrogens (tertiary/aromatic N) is 1. The van der Waals surface area contributed by atoms with Gasteiger partial charge in [0.15, 0.2) is 6.61 Å². The van der Waals surface area contributed by atoms with Crippen molar-refractivity contribution < 1.29 is 27.6 Å². The molecule has 2 aromatic rings. The van der Waals surface area contributed by atoms with Crippen molar-refractivity contribution in [1.82, 2.24) is 0 Å². The standard InChI is InChI=1S/C15H8Cl3F3N2O4/c16-7-3-10(17)14(11(18)4-7)22-13(24)6-27-12-2-1-8(23(25)26)5-9(12)15(19,20)21/h1-5H,6H2,(H,22,24). The molecule has 0 atom stereocenters. The number of nitrogens with one attached hydrogen (secondary N) is 1. The maximum absolute atomic E-state index is 13.1. The number of benzene rings is 2. The van der Waals surface area contributed by atoms with Crippen LogP contribution in [-0.4, -0.2) is 17.4 Å². The number of hydrogen-bond donors (Lipinski definition) is 1. The van der Waals surface area contributed by atoms with Gasteiger partial charge in [-0.2, -0.15) is 13.2 Å². The van der Waals surface area contributed by atoms with Crippen LogP contribution in [0, 0.1) is 10.1 Å².